The Labute approximate surface area is 151 Å². The summed E-state index contributed by atoms with van der Waals surface area (Å²) in [5.41, 5.74) is 3.16. The highest BCUT2D eigenvalue weighted by Gasteiger charge is 2.26. The molecule has 1 aromatic carbocycles. The zero-order chi connectivity index (χ0) is 19.0. The first-order chi connectivity index (χ1) is 12.3. The van der Waals surface area contributed by atoms with E-state index in [2.05, 4.69) is 23.1 Å². The first-order valence-corrected chi connectivity index (χ1v) is 8.53. The lowest BCUT2D eigenvalue weighted by Gasteiger charge is -2.26. The zero-order valence-corrected chi connectivity index (χ0v) is 15.4. The van der Waals surface area contributed by atoms with Crippen LogP contribution in [-0.4, -0.2) is 33.4 Å². The number of aromatic carboxylic acids is 1. The molecular formula is C19H22N4O3. The normalized spacial score (nSPS) is 17.8. The minimum absolute atomic E-state index is 0.116. The molecule has 0 bridgehead atoms. The molecule has 1 N–H and O–H groups in total. The lowest BCUT2D eigenvalue weighted by atomic mass is 10.0. The number of carboxylic acids is 1. The molecule has 7 heteroatoms. The number of hydrogen-bond acceptors (Lipinski definition) is 5. The van der Waals surface area contributed by atoms with Crippen LogP contribution in [0.3, 0.4) is 0 Å². The molecule has 1 aromatic heterocycles. The van der Waals surface area contributed by atoms with E-state index < -0.39 is 11.5 Å². The Balaban J connectivity index is 2.05. The van der Waals surface area contributed by atoms with E-state index >= 15 is 0 Å². The van der Waals surface area contributed by atoms with Crippen LogP contribution in [0.2, 0.25) is 0 Å². The number of benzene rings is 1. The lowest BCUT2D eigenvalue weighted by Crippen LogP contribution is -2.37. The van der Waals surface area contributed by atoms with Gasteiger partial charge in [0.1, 0.15) is 11.3 Å². The molecule has 2 aromatic rings. The van der Waals surface area contributed by atoms with E-state index in [4.69, 9.17) is 0 Å². The van der Waals surface area contributed by atoms with Crippen molar-refractivity contribution in [3.63, 3.8) is 0 Å². The van der Waals surface area contributed by atoms with Crippen molar-refractivity contribution in [3.05, 3.63) is 57.3 Å². The summed E-state index contributed by atoms with van der Waals surface area (Å²) in [6.07, 6.45) is 2.51. The third kappa shape index (κ3) is 3.12. The lowest BCUT2D eigenvalue weighted by molar-refractivity contribution is 0.0693. The summed E-state index contributed by atoms with van der Waals surface area (Å²) in [6, 6.07) is 5.97. The van der Waals surface area contributed by atoms with E-state index in [1.54, 1.807) is 5.01 Å². The van der Waals surface area contributed by atoms with Crippen LogP contribution in [-0.2, 0) is 0 Å². The smallest absolute Gasteiger partial charge is 0.342 e. The Bertz CT molecular complexity index is 962. The van der Waals surface area contributed by atoms with Crippen molar-refractivity contribution in [3.8, 4) is 0 Å². The van der Waals surface area contributed by atoms with Crippen LogP contribution in [0.5, 0.6) is 0 Å². The van der Waals surface area contributed by atoms with Gasteiger partial charge in [-0.25, -0.2) is 9.78 Å². The van der Waals surface area contributed by atoms with Gasteiger partial charge in [0, 0.05) is 19.3 Å². The Morgan fingerprint density at radius 1 is 1.35 bits per heavy atom. The molecule has 0 aliphatic carbocycles. The van der Waals surface area contributed by atoms with Crippen LogP contribution in [0.1, 0.15) is 53.1 Å². The minimum atomic E-state index is -1.26. The molecule has 0 radical (unpaired) electrons. The van der Waals surface area contributed by atoms with E-state index in [1.165, 1.54) is 15.7 Å². The fraction of sp³-hybridized carbons (Fsp3) is 0.368. The monoisotopic (exact) mass is 354 g/mol. The van der Waals surface area contributed by atoms with Gasteiger partial charge in [-0.3, -0.25) is 14.4 Å². The van der Waals surface area contributed by atoms with Gasteiger partial charge in [0.05, 0.1) is 5.69 Å². The molecule has 3 rings (SSSR count). The second-order valence-corrected chi connectivity index (χ2v) is 6.70. The molecule has 26 heavy (non-hydrogen) atoms. The van der Waals surface area contributed by atoms with Crippen LogP contribution in [0.4, 0.5) is 5.69 Å². The van der Waals surface area contributed by atoms with Crippen molar-refractivity contribution in [2.24, 2.45) is 5.10 Å². The molecule has 7 nitrogen and oxygen atoms in total. The molecule has 0 spiro atoms. The first kappa shape index (κ1) is 17.8. The third-order valence-electron chi connectivity index (χ3n) is 4.86. The number of rotatable bonds is 3. The van der Waals surface area contributed by atoms with Gasteiger partial charge in [0.15, 0.2) is 5.82 Å². The second-order valence-electron chi connectivity index (χ2n) is 6.70. The average molecular weight is 354 g/mol. The van der Waals surface area contributed by atoms with Crippen LogP contribution in [0.25, 0.3) is 0 Å². The van der Waals surface area contributed by atoms with Crippen LogP contribution < -0.4 is 10.6 Å². The van der Waals surface area contributed by atoms with Crippen molar-refractivity contribution in [2.75, 3.05) is 12.1 Å². The summed E-state index contributed by atoms with van der Waals surface area (Å²) >= 11 is 0. The summed E-state index contributed by atoms with van der Waals surface area (Å²) in [5.74, 6) is -0.823. The fourth-order valence-electron chi connectivity index (χ4n) is 3.09. The van der Waals surface area contributed by atoms with Crippen molar-refractivity contribution >= 4 is 17.4 Å². The van der Waals surface area contributed by atoms with Gasteiger partial charge < -0.3 is 5.11 Å². The molecule has 1 aliphatic heterocycles. The summed E-state index contributed by atoms with van der Waals surface area (Å²) < 4.78 is 1.44. The molecule has 136 valence electrons. The van der Waals surface area contributed by atoms with Gasteiger partial charge in [0.2, 0.25) is 0 Å². The first-order valence-electron chi connectivity index (χ1n) is 8.53. The second kappa shape index (κ2) is 6.74. The average Bonchev–Trinajstić information content (AvgIpc) is 2.59. The summed E-state index contributed by atoms with van der Waals surface area (Å²) in [5, 5.41) is 15.6. The number of hydrazone groups is 1. The van der Waals surface area contributed by atoms with Crippen molar-refractivity contribution < 1.29 is 9.90 Å². The molecule has 1 aliphatic rings. The predicted molar refractivity (Wildman–Crippen MR) is 100 cm³/mol. The van der Waals surface area contributed by atoms with E-state index in [-0.39, 0.29) is 11.6 Å². The van der Waals surface area contributed by atoms with Gasteiger partial charge in [-0.1, -0.05) is 6.07 Å². The van der Waals surface area contributed by atoms with Gasteiger partial charge >= 0.3 is 5.97 Å². The largest absolute Gasteiger partial charge is 0.477 e. The summed E-state index contributed by atoms with van der Waals surface area (Å²) in [7, 11) is 1.85. The highest BCUT2D eigenvalue weighted by atomic mass is 16.4. The van der Waals surface area contributed by atoms with Gasteiger partial charge in [-0.15, -0.1) is 0 Å². The van der Waals surface area contributed by atoms with E-state index in [1.807, 2.05) is 33.0 Å². The quantitative estimate of drug-likeness (QED) is 0.856. The fourth-order valence-corrected chi connectivity index (χ4v) is 3.09. The third-order valence-corrected chi connectivity index (χ3v) is 4.86. The molecule has 0 saturated heterocycles. The topological polar surface area (TPSA) is 87.8 Å². The predicted octanol–water partition coefficient (Wildman–Crippen LogP) is 2.75. The molecule has 0 saturated carbocycles. The summed E-state index contributed by atoms with van der Waals surface area (Å²) in [4.78, 5) is 28.0. The highest BCUT2D eigenvalue weighted by Crippen LogP contribution is 2.24. The zero-order valence-electron chi connectivity index (χ0n) is 15.4. The minimum Gasteiger partial charge on any atom is -0.477 e. The van der Waals surface area contributed by atoms with Crippen molar-refractivity contribution in [1.29, 1.82) is 0 Å². The molecule has 0 amide bonds. The maximum Gasteiger partial charge on any atom is 0.342 e. The van der Waals surface area contributed by atoms with Gasteiger partial charge in [-0.05, 0) is 56.9 Å². The molecule has 1 unspecified atom stereocenters. The van der Waals surface area contributed by atoms with Crippen molar-refractivity contribution in [2.45, 2.75) is 39.7 Å². The molecular weight excluding hydrogens is 332 g/mol. The molecule has 2 heterocycles. The Morgan fingerprint density at radius 2 is 2.08 bits per heavy atom. The van der Waals surface area contributed by atoms with Gasteiger partial charge in [-0.2, -0.15) is 5.10 Å². The number of aromatic nitrogens is 2. The van der Waals surface area contributed by atoms with E-state index in [0.29, 0.717) is 24.4 Å². The number of hydrogen-bond donors (Lipinski definition) is 1. The van der Waals surface area contributed by atoms with Crippen LogP contribution in [0, 0.1) is 13.8 Å². The number of nitrogens with zero attached hydrogens (tertiary/aromatic N) is 4. The standard InChI is InChI=1S/C19H22N4O3/c1-11-5-7-14(9-12(11)2)22(4)21-16-8-6-13(3)23-17(16)20-10-15(18(23)24)19(25)26/h5,7,9-10,13H,6,8H2,1-4H3,(H,25,26). The maximum atomic E-state index is 12.5. The number of carbonyl (C=O) groups is 1. The highest BCUT2D eigenvalue weighted by molar-refractivity contribution is 5.99. The Hall–Kier alpha value is -2.96. The van der Waals surface area contributed by atoms with Crippen molar-refractivity contribution in [1.82, 2.24) is 9.55 Å². The molecule has 0 fully saturated rings. The van der Waals surface area contributed by atoms with Crippen LogP contribution >= 0.6 is 0 Å². The number of anilines is 1. The SMILES string of the molecule is Cc1ccc(N(C)N=C2CCC(C)n3c2ncc(C(=O)O)c3=O)cc1C. The number of fused-ring (bicyclic) bond motifs is 1. The summed E-state index contributed by atoms with van der Waals surface area (Å²) in [6.45, 7) is 5.99. The van der Waals surface area contributed by atoms with Crippen LogP contribution in [0.15, 0.2) is 34.3 Å². The maximum absolute atomic E-state index is 12.5. The Morgan fingerprint density at radius 3 is 2.73 bits per heavy atom. The van der Waals surface area contributed by atoms with E-state index in [9.17, 15) is 14.7 Å². The Kier molecular flexibility index (Phi) is 4.63. The molecule has 1 atom stereocenters. The van der Waals surface area contributed by atoms with E-state index in [0.717, 1.165) is 11.9 Å². The van der Waals surface area contributed by atoms with Gasteiger partial charge in [0.25, 0.3) is 5.56 Å². The number of carboxylic acid groups (broad SMARTS) is 1. The number of aryl methyl sites for hydroxylation is 2.